The number of carbonyl (C=O) groups is 5. The molecule has 0 bridgehead atoms. The first-order valence-electron chi connectivity index (χ1n) is 18.9. The largest absolute Gasteiger partial charge is 0.463 e. The summed E-state index contributed by atoms with van der Waals surface area (Å²) in [6.07, 6.45) is 9.26. The van der Waals surface area contributed by atoms with E-state index in [1.54, 1.807) is 36.4 Å². The summed E-state index contributed by atoms with van der Waals surface area (Å²) in [5.41, 5.74) is 9.81. The minimum Gasteiger partial charge on any atom is -0.463 e. The quantitative estimate of drug-likeness (QED) is 0.0184. The molecule has 0 aromatic heterocycles. The maximum absolute atomic E-state index is 13.2. The van der Waals surface area contributed by atoms with E-state index in [4.69, 9.17) is 33.2 Å². The van der Waals surface area contributed by atoms with Crippen molar-refractivity contribution in [3.05, 3.63) is 58.5 Å². The van der Waals surface area contributed by atoms with Crippen molar-refractivity contribution < 1.29 is 57.1 Å². The van der Waals surface area contributed by atoms with Crippen LogP contribution in [-0.2, 0) is 52.3 Å². The smallest absolute Gasteiger partial charge is 0.338 e. The SMILES string of the molecule is CCCCCCCCCCCCCC=C[C@@H](OC(=O)c1ccccc1)[C@H](CO[C@H]1O[C@H](COC(C)=O)[C@@H](OC(C)=O)[C@H](OC(C)=O)[C@@H]1OC(C)=O)N=[N+]=[N-]. The van der Waals surface area contributed by atoms with Gasteiger partial charge in [0, 0.05) is 32.6 Å². The Morgan fingerprint density at radius 1 is 0.778 bits per heavy atom. The molecular formula is C39H57N3O12. The highest BCUT2D eigenvalue weighted by Gasteiger charge is 2.53. The van der Waals surface area contributed by atoms with Gasteiger partial charge in [-0.3, -0.25) is 19.2 Å². The highest BCUT2D eigenvalue weighted by atomic mass is 16.7. The van der Waals surface area contributed by atoms with Crippen LogP contribution in [0.3, 0.4) is 0 Å². The summed E-state index contributed by atoms with van der Waals surface area (Å²) in [5, 5.41) is 3.86. The predicted molar refractivity (Wildman–Crippen MR) is 197 cm³/mol. The van der Waals surface area contributed by atoms with Crippen molar-refractivity contribution in [2.75, 3.05) is 13.2 Å². The number of carbonyl (C=O) groups excluding carboxylic acids is 5. The number of esters is 5. The number of azide groups is 1. The molecule has 15 heteroatoms. The van der Waals surface area contributed by atoms with Gasteiger partial charge in [0.2, 0.25) is 0 Å². The number of allylic oxidation sites excluding steroid dienone is 1. The number of nitrogens with zero attached hydrogens (tertiary/aromatic N) is 3. The summed E-state index contributed by atoms with van der Waals surface area (Å²) >= 11 is 0. The van der Waals surface area contributed by atoms with E-state index in [9.17, 15) is 29.5 Å². The summed E-state index contributed by atoms with van der Waals surface area (Å²) in [6, 6.07) is 7.16. The molecule has 0 spiro atoms. The summed E-state index contributed by atoms with van der Waals surface area (Å²) in [5.74, 6) is -3.72. The van der Waals surface area contributed by atoms with Gasteiger partial charge in [-0.05, 0) is 36.6 Å². The van der Waals surface area contributed by atoms with Crippen molar-refractivity contribution in [2.24, 2.45) is 5.11 Å². The molecule has 1 aliphatic rings. The first-order chi connectivity index (χ1) is 26.0. The minimum absolute atomic E-state index is 0.279. The molecule has 1 fully saturated rings. The second-order valence-corrected chi connectivity index (χ2v) is 13.2. The zero-order valence-corrected chi connectivity index (χ0v) is 32.2. The van der Waals surface area contributed by atoms with Crippen LogP contribution >= 0.6 is 0 Å². The van der Waals surface area contributed by atoms with Crippen LogP contribution < -0.4 is 0 Å². The monoisotopic (exact) mass is 759 g/mol. The van der Waals surface area contributed by atoms with Gasteiger partial charge in [0.1, 0.15) is 24.9 Å². The van der Waals surface area contributed by atoms with Gasteiger partial charge in [-0.15, -0.1) is 0 Å². The summed E-state index contributed by atoms with van der Waals surface area (Å²) in [7, 11) is 0. The molecule has 1 aliphatic heterocycles. The van der Waals surface area contributed by atoms with Crippen LogP contribution in [0.15, 0.2) is 47.6 Å². The molecule has 0 N–H and O–H groups in total. The number of benzene rings is 1. The number of hydrogen-bond acceptors (Lipinski definition) is 13. The van der Waals surface area contributed by atoms with Crippen molar-refractivity contribution in [3.63, 3.8) is 0 Å². The third-order valence-electron chi connectivity index (χ3n) is 8.51. The van der Waals surface area contributed by atoms with Crippen LogP contribution in [0.1, 0.15) is 122 Å². The lowest BCUT2D eigenvalue weighted by molar-refractivity contribution is -0.309. The molecule has 54 heavy (non-hydrogen) atoms. The van der Waals surface area contributed by atoms with Crippen molar-refractivity contribution in [3.8, 4) is 0 Å². The fourth-order valence-corrected chi connectivity index (χ4v) is 5.95. The molecule has 1 heterocycles. The second-order valence-electron chi connectivity index (χ2n) is 13.2. The Balaban J connectivity index is 2.25. The van der Waals surface area contributed by atoms with Crippen LogP contribution in [0.25, 0.3) is 10.4 Å². The molecule has 0 amide bonds. The van der Waals surface area contributed by atoms with Gasteiger partial charge in [0.15, 0.2) is 24.6 Å². The van der Waals surface area contributed by atoms with E-state index in [2.05, 4.69) is 16.9 Å². The molecule has 7 atom stereocenters. The van der Waals surface area contributed by atoms with Gasteiger partial charge in [0.05, 0.1) is 12.2 Å². The Morgan fingerprint density at radius 2 is 1.33 bits per heavy atom. The fourth-order valence-electron chi connectivity index (χ4n) is 5.95. The van der Waals surface area contributed by atoms with Gasteiger partial charge in [-0.25, -0.2) is 4.79 Å². The zero-order valence-electron chi connectivity index (χ0n) is 32.2. The molecule has 15 nitrogen and oxygen atoms in total. The summed E-state index contributed by atoms with van der Waals surface area (Å²) < 4.78 is 39.3. The fraction of sp³-hybridized carbons (Fsp3) is 0.667. The van der Waals surface area contributed by atoms with Gasteiger partial charge in [-0.2, -0.15) is 0 Å². The molecule has 0 unspecified atom stereocenters. The Morgan fingerprint density at radius 3 is 1.89 bits per heavy atom. The lowest BCUT2D eigenvalue weighted by Gasteiger charge is -2.44. The van der Waals surface area contributed by atoms with Gasteiger partial charge in [-0.1, -0.05) is 101 Å². The standard InChI is InChI=1S/C39H57N3O12/c1-6-7-8-9-10-11-12-13-14-15-16-17-21-24-33(53-38(47)31-22-19-18-20-23-31)32(41-42-40)25-49-39-37(52-30(5)46)36(51-29(4)45)35(50-28(3)44)34(54-39)26-48-27(2)43/h18-24,32-37,39H,6-17,25-26H2,1-5H3/t32-,33+,34+,35+,36-,37-,39-/m0/s1. The average molecular weight is 760 g/mol. The molecule has 1 aromatic carbocycles. The third-order valence-corrected chi connectivity index (χ3v) is 8.51. The first-order valence-corrected chi connectivity index (χ1v) is 18.9. The molecule has 0 aliphatic carbocycles. The van der Waals surface area contributed by atoms with Crippen LogP contribution in [0.2, 0.25) is 0 Å². The maximum atomic E-state index is 13.2. The van der Waals surface area contributed by atoms with E-state index in [1.165, 1.54) is 51.4 Å². The molecule has 0 saturated carbocycles. The minimum atomic E-state index is -1.52. The van der Waals surface area contributed by atoms with E-state index in [0.717, 1.165) is 47.0 Å². The van der Waals surface area contributed by atoms with E-state index in [-0.39, 0.29) is 5.56 Å². The van der Waals surface area contributed by atoms with E-state index in [1.807, 2.05) is 6.08 Å². The average Bonchev–Trinajstić information content (AvgIpc) is 3.12. The van der Waals surface area contributed by atoms with Crippen molar-refractivity contribution in [1.82, 2.24) is 0 Å². The van der Waals surface area contributed by atoms with Crippen molar-refractivity contribution in [2.45, 2.75) is 155 Å². The zero-order chi connectivity index (χ0) is 39.7. The lowest BCUT2D eigenvalue weighted by atomic mass is 9.98. The summed E-state index contributed by atoms with van der Waals surface area (Å²) in [4.78, 5) is 64.3. The highest BCUT2D eigenvalue weighted by molar-refractivity contribution is 5.89. The first kappa shape index (κ1) is 45.7. The van der Waals surface area contributed by atoms with E-state index in [0.29, 0.717) is 6.42 Å². The topological polar surface area (TPSA) is 199 Å². The maximum Gasteiger partial charge on any atom is 0.338 e. The van der Waals surface area contributed by atoms with Crippen molar-refractivity contribution in [1.29, 1.82) is 0 Å². The highest BCUT2D eigenvalue weighted by Crippen LogP contribution is 2.30. The van der Waals surface area contributed by atoms with Crippen LogP contribution in [-0.4, -0.2) is 85.9 Å². The van der Waals surface area contributed by atoms with E-state index >= 15 is 0 Å². The van der Waals surface area contributed by atoms with Crippen LogP contribution in [0.4, 0.5) is 0 Å². The Hall–Kier alpha value is -4.46. The molecule has 2 rings (SSSR count). The Labute approximate surface area is 318 Å². The molecule has 300 valence electrons. The van der Waals surface area contributed by atoms with E-state index < -0.39 is 85.9 Å². The lowest BCUT2D eigenvalue weighted by Crippen LogP contribution is -2.63. The second kappa shape index (κ2) is 26.3. The van der Waals surface area contributed by atoms with Gasteiger partial charge >= 0.3 is 29.8 Å². The molecular weight excluding hydrogens is 702 g/mol. The number of ether oxygens (including phenoxy) is 7. The summed E-state index contributed by atoms with van der Waals surface area (Å²) in [6.45, 7) is 5.82. The molecule has 1 saturated heterocycles. The Kier molecular flexibility index (Phi) is 22.3. The number of hydrogen-bond donors (Lipinski definition) is 0. The predicted octanol–water partition coefficient (Wildman–Crippen LogP) is 7.25. The molecule has 0 radical (unpaired) electrons. The Bertz CT molecular complexity index is 1380. The molecule has 1 aromatic rings. The number of unbranched alkanes of at least 4 members (excludes halogenated alkanes) is 11. The normalized spacial score (nSPS) is 20.6. The van der Waals surface area contributed by atoms with Crippen LogP contribution in [0, 0.1) is 0 Å². The third kappa shape index (κ3) is 18.0. The van der Waals surface area contributed by atoms with Crippen molar-refractivity contribution >= 4 is 29.8 Å². The number of rotatable bonds is 25. The van der Waals surface area contributed by atoms with Gasteiger partial charge in [0.25, 0.3) is 0 Å². The van der Waals surface area contributed by atoms with Gasteiger partial charge < -0.3 is 33.2 Å². The van der Waals surface area contributed by atoms with Crippen LogP contribution in [0.5, 0.6) is 0 Å².